The van der Waals surface area contributed by atoms with E-state index in [1.54, 1.807) is 0 Å². The van der Waals surface area contributed by atoms with E-state index in [0.29, 0.717) is 6.04 Å². The lowest BCUT2D eigenvalue weighted by Crippen LogP contribution is -2.48. The molecule has 1 aliphatic rings. The minimum Gasteiger partial charge on any atom is -0.312 e. The van der Waals surface area contributed by atoms with E-state index in [0.717, 1.165) is 26.2 Å². The number of hydrogen-bond acceptors (Lipinski definition) is 2. The molecule has 1 aliphatic heterocycles. The van der Waals surface area contributed by atoms with Gasteiger partial charge < -0.3 is 5.32 Å². The van der Waals surface area contributed by atoms with Gasteiger partial charge in [-0.3, -0.25) is 4.90 Å². The molecule has 1 N–H and O–H groups in total. The summed E-state index contributed by atoms with van der Waals surface area (Å²) in [6.45, 7) is 8.90. The van der Waals surface area contributed by atoms with Crippen LogP contribution in [0.3, 0.4) is 0 Å². The van der Waals surface area contributed by atoms with Gasteiger partial charge in [0.25, 0.3) is 0 Å². The second kappa shape index (κ2) is 5.30. The highest BCUT2D eigenvalue weighted by molar-refractivity contribution is 9.10. The first-order valence-corrected chi connectivity index (χ1v) is 6.65. The van der Waals surface area contributed by atoms with Crippen LogP contribution in [0.25, 0.3) is 0 Å². The maximum absolute atomic E-state index is 3.54. The monoisotopic (exact) mass is 282 g/mol. The van der Waals surface area contributed by atoms with Crippen molar-refractivity contribution in [3.63, 3.8) is 0 Å². The SMILES string of the molecule is Cc1ccc(Br)cc1CN1CCNC(C)C1. The van der Waals surface area contributed by atoms with Crippen LogP contribution in [-0.2, 0) is 6.54 Å². The number of piperazine rings is 1. The van der Waals surface area contributed by atoms with Crippen molar-refractivity contribution in [3.8, 4) is 0 Å². The summed E-state index contributed by atoms with van der Waals surface area (Å²) in [4.78, 5) is 2.52. The summed E-state index contributed by atoms with van der Waals surface area (Å²) in [6, 6.07) is 7.15. The zero-order valence-corrected chi connectivity index (χ0v) is 11.5. The van der Waals surface area contributed by atoms with Gasteiger partial charge in [-0.2, -0.15) is 0 Å². The van der Waals surface area contributed by atoms with Crippen LogP contribution in [-0.4, -0.2) is 30.6 Å². The first-order chi connectivity index (χ1) is 7.65. The average molecular weight is 283 g/mol. The molecule has 0 aromatic heterocycles. The van der Waals surface area contributed by atoms with Gasteiger partial charge in [-0.25, -0.2) is 0 Å². The molecule has 88 valence electrons. The predicted molar refractivity (Wildman–Crippen MR) is 71.6 cm³/mol. The first kappa shape index (κ1) is 12.1. The Morgan fingerprint density at radius 1 is 1.50 bits per heavy atom. The lowest BCUT2D eigenvalue weighted by molar-refractivity contribution is 0.199. The fourth-order valence-corrected chi connectivity index (χ4v) is 2.62. The van der Waals surface area contributed by atoms with Crippen molar-refractivity contribution >= 4 is 15.9 Å². The van der Waals surface area contributed by atoms with Gasteiger partial charge in [0.15, 0.2) is 0 Å². The number of nitrogens with zero attached hydrogens (tertiary/aromatic N) is 1. The van der Waals surface area contributed by atoms with Crippen LogP contribution in [0, 0.1) is 6.92 Å². The maximum Gasteiger partial charge on any atom is 0.0237 e. The number of halogens is 1. The van der Waals surface area contributed by atoms with E-state index in [1.165, 1.54) is 15.6 Å². The molecule has 2 rings (SSSR count). The van der Waals surface area contributed by atoms with Gasteiger partial charge in [0.2, 0.25) is 0 Å². The Balaban J connectivity index is 2.05. The molecule has 16 heavy (non-hydrogen) atoms. The molecule has 0 aliphatic carbocycles. The van der Waals surface area contributed by atoms with Crippen molar-refractivity contribution in [1.29, 1.82) is 0 Å². The number of rotatable bonds is 2. The highest BCUT2D eigenvalue weighted by Gasteiger charge is 2.16. The third-order valence-electron chi connectivity index (χ3n) is 3.16. The van der Waals surface area contributed by atoms with Gasteiger partial charge in [-0.15, -0.1) is 0 Å². The van der Waals surface area contributed by atoms with Crippen molar-refractivity contribution in [1.82, 2.24) is 10.2 Å². The van der Waals surface area contributed by atoms with Gasteiger partial charge in [0.05, 0.1) is 0 Å². The molecule has 3 heteroatoms. The Labute approximate surface area is 106 Å². The van der Waals surface area contributed by atoms with E-state index in [-0.39, 0.29) is 0 Å². The molecule has 1 aromatic rings. The third kappa shape index (κ3) is 3.06. The second-order valence-electron chi connectivity index (χ2n) is 4.66. The fraction of sp³-hybridized carbons (Fsp3) is 0.538. The van der Waals surface area contributed by atoms with Gasteiger partial charge in [0.1, 0.15) is 0 Å². The smallest absolute Gasteiger partial charge is 0.0237 e. The van der Waals surface area contributed by atoms with E-state index in [2.05, 4.69) is 58.2 Å². The van der Waals surface area contributed by atoms with Crippen LogP contribution >= 0.6 is 15.9 Å². The van der Waals surface area contributed by atoms with E-state index in [1.807, 2.05) is 0 Å². The number of aryl methyl sites for hydroxylation is 1. The van der Waals surface area contributed by atoms with Gasteiger partial charge in [-0.05, 0) is 37.1 Å². The molecule has 0 amide bonds. The van der Waals surface area contributed by atoms with Crippen LogP contribution < -0.4 is 5.32 Å². The summed E-state index contributed by atoms with van der Waals surface area (Å²) in [6.07, 6.45) is 0. The van der Waals surface area contributed by atoms with Crippen molar-refractivity contribution < 1.29 is 0 Å². The molecule has 0 bridgehead atoms. The highest BCUT2D eigenvalue weighted by Crippen LogP contribution is 2.18. The van der Waals surface area contributed by atoms with Crippen molar-refractivity contribution in [3.05, 3.63) is 33.8 Å². The highest BCUT2D eigenvalue weighted by atomic mass is 79.9. The summed E-state index contributed by atoms with van der Waals surface area (Å²) in [5.41, 5.74) is 2.82. The second-order valence-corrected chi connectivity index (χ2v) is 5.58. The molecule has 1 heterocycles. The van der Waals surface area contributed by atoms with Gasteiger partial charge >= 0.3 is 0 Å². The topological polar surface area (TPSA) is 15.3 Å². The lowest BCUT2D eigenvalue weighted by atomic mass is 10.1. The number of benzene rings is 1. The van der Waals surface area contributed by atoms with E-state index in [9.17, 15) is 0 Å². The normalized spacial score (nSPS) is 22.3. The van der Waals surface area contributed by atoms with Crippen LogP contribution in [0.1, 0.15) is 18.1 Å². The summed E-state index contributed by atoms with van der Waals surface area (Å²) in [5.74, 6) is 0. The van der Waals surface area contributed by atoms with Crippen molar-refractivity contribution in [2.75, 3.05) is 19.6 Å². The standard InChI is InChI=1S/C13H19BrN2/c1-10-3-4-13(14)7-12(10)9-16-6-5-15-11(2)8-16/h3-4,7,11,15H,5-6,8-9H2,1-2H3. The van der Waals surface area contributed by atoms with Crippen LogP contribution in [0.5, 0.6) is 0 Å². The van der Waals surface area contributed by atoms with Crippen molar-refractivity contribution in [2.45, 2.75) is 26.4 Å². The lowest BCUT2D eigenvalue weighted by Gasteiger charge is -2.32. The van der Waals surface area contributed by atoms with Gasteiger partial charge in [0, 0.05) is 36.7 Å². The third-order valence-corrected chi connectivity index (χ3v) is 3.65. The Bertz CT molecular complexity index is 365. The van der Waals surface area contributed by atoms with Crippen LogP contribution in [0.4, 0.5) is 0 Å². The number of hydrogen-bond donors (Lipinski definition) is 1. The van der Waals surface area contributed by atoms with E-state index in [4.69, 9.17) is 0 Å². The molecular formula is C13H19BrN2. The minimum absolute atomic E-state index is 0.612. The van der Waals surface area contributed by atoms with Crippen molar-refractivity contribution in [2.24, 2.45) is 0 Å². The van der Waals surface area contributed by atoms with E-state index >= 15 is 0 Å². The summed E-state index contributed by atoms with van der Waals surface area (Å²) >= 11 is 3.54. The average Bonchev–Trinajstić information content (AvgIpc) is 2.24. The van der Waals surface area contributed by atoms with E-state index < -0.39 is 0 Å². The zero-order valence-electron chi connectivity index (χ0n) is 9.96. The predicted octanol–water partition coefficient (Wildman–Crippen LogP) is 2.55. The summed E-state index contributed by atoms with van der Waals surface area (Å²) < 4.78 is 1.18. The Morgan fingerprint density at radius 2 is 2.31 bits per heavy atom. The molecule has 0 radical (unpaired) electrons. The molecule has 0 spiro atoms. The molecule has 1 aromatic carbocycles. The number of nitrogens with one attached hydrogen (secondary N) is 1. The molecule has 1 fully saturated rings. The van der Waals surface area contributed by atoms with Crippen LogP contribution in [0.2, 0.25) is 0 Å². The molecule has 1 unspecified atom stereocenters. The zero-order chi connectivity index (χ0) is 11.5. The molecule has 1 saturated heterocycles. The molecule has 1 atom stereocenters. The maximum atomic E-state index is 3.54. The molecule has 0 saturated carbocycles. The summed E-state index contributed by atoms with van der Waals surface area (Å²) in [7, 11) is 0. The first-order valence-electron chi connectivity index (χ1n) is 5.86. The summed E-state index contributed by atoms with van der Waals surface area (Å²) in [5, 5.41) is 3.47. The minimum atomic E-state index is 0.612. The van der Waals surface area contributed by atoms with Crippen LogP contribution in [0.15, 0.2) is 22.7 Å². The Hall–Kier alpha value is -0.380. The molecular weight excluding hydrogens is 264 g/mol. The fourth-order valence-electron chi connectivity index (χ4n) is 2.21. The molecule has 2 nitrogen and oxygen atoms in total. The Kier molecular flexibility index (Phi) is 4.00. The largest absolute Gasteiger partial charge is 0.312 e. The quantitative estimate of drug-likeness (QED) is 0.897. The Morgan fingerprint density at radius 3 is 3.06 bits per heavy atom. The van der Waals surface area contributed by atoms with Gasteiger partial charge in [-0.1, -0.05) is 22.0 Å².